The fourth-order valence-electron chi connectivity index (χ4n) is 3.51. The van der Waals surface area contributed by atoms with Gasteiger partial charge in [-0.3, -0.25) is 0 Å². The predicted molar refractivity (Wildman–Crippen MR) is 81.6 cm³/mol. The lowest BCUT2D eigenvalue weighted by atomic mass is 9.83. The maximum atomic E-state index is 12.4. The first-order valence-electron chi connectivity index (χ1n) is 7.24. The second-order valence-electron chi connectivity index (χ2n) is 5.92. The summed E-state index contributed by atoms with van der Waals surface area (Å²) in [6.45, 7) is 0. The van der Waals surface area contributed by atoms with Gasteiger partial charge in [-0.15, -0.1) is 11.3 Å². The van der Waals surface area contributed by atoms with Crippen molar-refractivity contribution < 1.29 is 8.42 Å². The molecule has 1 aromatic heterocycles. The fraction of sp³-hybridized carbons (Fsp3) is 0.643. The third-order valence-electron chi connectivity index (χ3n) is 4.62. The van der Waals surface area contributed by atoms with Crippen LogP contribution < -0.4 is 4.72 Å². The maximum Gasteiger partial charge on any atom is 0.250 e. The van der Waals surface area contributed by atoms with Crippen molar-refractivity contribution in [2.75, 3.05) is 7.05 Å². The number of sulfonamides is 1. The average molecular weight is 325 g/mol. The summed E-state index contributed by atoms with van der Waals surface area (Å²) in [6.07, 6.45) is 5.31. The first-order chi connectivity index (χ1) is 9.99. The van der Waals surface area contributed by atoms with Crippen LogP contribution >= 0.6 is 11.3 Å². The topological polar surface area (TPSA) is 73.2 Å². The summed E-state index contributed by atoms with van der Waals surface area (Å²) in [5.41, 5.74) is 0. The Morgan fingerprint density at radius 2 is 2.00 bits per heavy atom. The van der Waals surface area contributed by atoms with Crippen molar-refractivity contribution in [3.8, 4) is 6.07 Å². The van der Waals surface area contributed by atoms with E-state index in [1.54, 1.807) is 6.07 Å². The number of nitrogens with one attached hydrogen (secondary N) is 1. The molecule has 0 aromatic carbocycles. The number of nitriles is 1. The summed E-state index contributed by atoms with van der Waals surface area (Å²) in [6, 6.07) is 6.04. The molecule has 2 aliphatic heterocycles. The van der Waals surface area contributed by atoms with Gasteiger partial charge in [0.1, 0.15) is 15.2 Å². The predicted octanol–water partition coefficient (Wildman–Crippen LogP) is 1.91. The van der Waals surface area contributed by atoms with Gasteiger partial charge in [0, 0.05) is 18.1 Å². The molecule has 0 aliphatic carbocycles. The molecular formula is C14H19N3O2S2. The van der Waals surface area contributed by atoms with E-state index in [4.69, 9.17) is 5.26 Å². The molecule has 1 aromatic rings. The second-order valence-corrected chi connectivity index (χ2v) is 8.95. The lowest BCUT2D eigenvalue weighted by molar-refractivity contribution is 0.0536. The first kappa shape index (κ1) is 15.0. The van der Waals surface area contributed by atoms with Crippen LogP contribution in [0.3, 0.4) is 0 Å². The van der Waals surface area contributed by atoms with Crippen molar-refractivity contribution in [1.82, 2.24) is 9.62 Å². The van der Waals surface area contributed by atoms with E-state index in [0.29, 0.717) is 17.0 Å². The molecule has 7 heteroatoms. The van der Waals surface area contributed by atoms with Gasteiger partial charge >= 0.3 is 0 Å². The van der Waals surface area contributed by atoms with Gasteiger partial charge in [0.15, 0.2) is 0 Å². The lowest BCUT2D eigenvalue weighted by Crippen LogP contribution is -2.55. The molecule has 0 amide bonds. The molecule has 114 valence electrons. The van der Waals surface area contributed by atoms with Crippen LogP contribution in [0.5, 0.6) is 0 Å². The Morgan fingerprint density at radius 1 is 1.33 bits per heavy atom. The van der Waals surface area contributed by atoms with Gasteiger partial charge in [-0.2, -0.15) is 5.26 Å². The Bertz CT molecular complexity index is 648. The van der Waals surface area contributed by atoms with Gasteiger partial charge in [0.25, 0.3) is 0 Å². The molecule has 0 saturated carbocycles. The highest BCUT2D eigenvalue weighted by Gasteiger charge is 2.37. The Kier molecular flexibility index (Phi) is 4.06. The number of rotatable bonds is 3. The average Bonchev–Trinajstić information content (AvgIpc) is 2.89. The van der Waals surface area contributed by atoms with Crippen molar-refractivity contribution in [3.05, 3.63) is 17.0 Å². The molecule has 2 bridgehead atoms. The number of thiophene rings is 1. The van der Waals surface area contributed by atoms with E-state index in [2.05, 4.69) is 16.7 Å². The molecule has 5 nitrogen and oxygen atoms in total. The first-order valence-corrected chi connectivity index (χ1v) is 9.54. The van der Waals surface area contributed by atoms with Gasteiger partial charge in [0.2, 0.25) is 10.0 Å². The smallest absolute Gasteiger partial charge is 0.250 e. The number of hydrogen-bond donors (Lipinski definition) is 1. The summed E-state index contributed by atoms with van der Waals surface area (Å²) in [7, 11) is -1.35. The number of fused-ring (bicyclic) bond motifs is 2. The van der Waals surface area contributed by atoms with Crippen LogP contribution in [-0.2, 0) is 10.0 Å². The van der Waals surface area contributed by atoms with Gasteiger partial charge in [0.05, 0.1) is 0 Å². The van der Waals surface area contributed by atoms with Crippen molar-refractivity contribution in [3.63, 3.8) is 0 Å². The molecular weight excluding hydrogens is 306 g/mol. The summed E-state index contributed by atoms with van der Waals surface area (Å²) >= 11 is 1.03. The third-order valence-corrected chi connectivity index (χ3v) is 7.62. The highest BCUT2D eigenvalue weighted by Crippen LogP contribution is 2.33. The molecule has 1 N–H and O–H groups in total. The molecule has 21 heavy (non-hydrogen) atoms. The van der Waals surface area contributed by atoms with Crippen LogP contribution in [0.4, 0.5) is 0 Å². The molecule has 3 rings (SSSR count). The SMILES string of the molecule is CN1C2CCCC1CC(NS(=O)(=O)c1ccc(C#N)s1)C2. The molecule has 2 aliphatic rings. The van der Waals surface area contributed by atoms with E-state index in [1.165, 1.54) is 12.5 Å². The zero-order valence-electron chi connectivity index (χ0n) is 11.9. The zero-order chi connectivity index (χ0) is 15.0. The molecule has 2 saturated heterocycles. The van der Waals surface area contributed by atoms with E-state index in [1.807, 2.05) is 6.07 Å². The Balaban J connectivity index is 1.73. The third kappa shape index (κ3) is 2.99. The molecule has 2 fully saturated rings. The van der Waals surface area contributed by atoms with Crippen molar-refractivity contribution >= 4 is 21.4 Å². The standard InChI is InChI=1S/C14H19N3O2S2/c1-17-11-3-2-4-12(17)8-10(7-11)16-21(18,19)14-6-5-13(9-15)20-14/h5-6,10-12,16H,2-4,7-8H2,1H3. The van der Waals surface area contributed by atoms with E-state index in [9.17, 15) is 8.42 Å². The van der Waals surface area contributed by atoms with Gasteiger partial charge in [-0.1, -0.05) is 6.42 Å². The lowest BCUT2D eigenvalue weighted by Gasteiger charge is -2.47. The second kappa shape index (κ2) is 5.69. The molecule has 0 radical (unpaired) electrons. The normalized spacial score (nSPS) is 30.0. The van der Waals surface area contributed by atoms with Crippen molar-refractivity contribution in [1.29, 1.82) is 5.26 Å². The Morgan fingerprint density at radius 3 is 2.57 bits per heavy atom. The zero-order valence-corrected chi connectivity index (χ0v) is 13.6. The number of hydrogen-bond acceptors (Lipinski definition) is 5. The van der Waals surface area contributed by atoms with Crippen molar-refractivity contribution in [2.24, 2.45) is 0 Å². The quantitative estimate of drug-likeness (QED) is 0.921. The molecule has 0 spiro atoms. The van der Waals surface area contributed by atoms with E-state index >= 15 is 0 Å². The maximum absolute atomic E-state index is 12.4. The highest BCUT2D eigenvalue weighted by molar-refractivity contribution is 7.91. The van der Waals surface area contributed by atoms with Crippen LogP contribution in [0, 0.1) is 11.3 Å². The highest BCUT2D eigenvalue weighted by atomic mass is 32.2. The van der Waals surface area contributed by atoms with E-state index in [0.717, 1.165) is 37.0 Å². The van der Waals surface area contributed by atoms with Gasteiger partial charge < -0.3 is 4.90 Å². The van der Waals surface area contributed by atoms with E-state index in [-0.39, 0.29) is 10.3 Å². The number of nitrogens with zero attached hydrogens (tertiary/aromatic N) is 2. The van der Waals surface area contributed by atoms with Crippen molar-refractivity contribution in [2.45, 2.75) is 54.4 Å². The van der Waals surface area contributed by atoms with E-state index < -0.39 is 10.0 Å². The minimum Gasteiger partial charge on any atom is -0.300 e. The van der Waals surface area contributed by atoms with Crippen LogP contribution in [0.2, 0.25) is 0 Å². The minimum atomic E-state index is -3.50. The van der Waals surface area contributed by atoms with Crippen LogP contribution in [0.1, 0.15) is 37.0 Å². The molecule has 2 atom stereocenters. The Labute approximate surface area is 129 Å². The Hall–Kier alpha value is -0.940. The fourth-order valence-corrected chi connectivity index (χ4v) is 5.90. The van der Waals surface area contributed by atoms with Crippen LogP contribution in [-0.4, -0.2) is 38.5 Å². The summed E-state index contributed by atoms with van der Waals surface area (Å²) < 4.78 is 27.9. The van der Waals surface area contributed by atoms with Gasteiger partial charge in [-0.25, -0.2) is 13.1 Å². The van der Waals surface area contributed by atoms with Crippen LogP contribution in [0.25, 0.3) is 0 Å². The minimum absolute atomic E-state index is 0.00846. The van der Waals surface area contributed by atoms with Gasteiger partial charge in [-0.05, 0) is 44.9 Å². The summed E-state index contributed by atoms with van der Waals surface area (Å²) in [5, 5.41) is 8.82. The number of piperidine rings is 2. The largest absolute Gasteiger partial charge is 0.300 e. The molecule has 3 heterocycles. The monoisotopic (exact) mass is 325 g/mol. The summed E-state index contributed by atoms with van der Waals surface area (Å²) in [5.74, 6) is 0. The van der Waals surface area contributed by atoms with Crippen LogP contribution in [0.15, 0.2) is 16.3 Å². The summed E-state index contributed by atoms with van der Waals surface area (Å²) in [4.78, 5) is 2.84. The molecule has 2 unspecified atom stereocenters.